The number of benzene rings is 1. The second kappa shape index (κ2) is 9.36. The summed E-state index contributed by atoms with van der Waals surface area (Å²) < 4.78 is 0. The lowest BCUT2D eigenvalue weighted by Crippen LogP contribution is -2.15. The summed E-state index contributed by atoms with van der Waals surface area (Å²) in [7, 11) is 0. The molecule has 0 fully saturated rings. The van der Waals surface area contributed by atoms with Gasteiger partial charge in [-0.15, -0.1) is 5.10 Å². The Morgan fingerprint density at radius 3 is 2.64 bits per heavy atom. The summed E-state index contributed by atoms with van der Waals surface area (Å²) >= 11 is 0. The molecule has 1 aromatic carbocycles. The molecular formula is C18H28N4. The van der Waals surface area contributed by atoms with Crippen molar-refractivity contribution in [2.75, 3.05) is 6.54 Å². The predicted octanol–water partition coefficient (Wildman–Crippen LogP) is 4.23. The van der Waals surface area contributed by atoms with Crippen LogP contribution in [0.5, 0.6) is 0 Å². The number of hydrogen-bond donors (Lipinski definition) is 2. The average Bonchev–Trinajstić information content (AvgIpc) is 2.99. The second-order valence-electron chi connectivity index (χ2n) is 5.90. The maximum atomic E-state index is 4.25. The van der Waals surface area contributed by atoms with Crippen LogP contribution < -0.4 is 5.32 Å². The van der Waals surface area contributed by atoms with Gasteiger partial charge in [-0.2, -0.15) is 0 Å². The minimum absolute atomic E-state index is 0.797. The van der Waals surface area contributed by atoms with E-state index in [2.05, 4.69) is 52.8 Å². The summed E-state index contributed by atoms with van der Waals surface area (Å²) in [5.41, 5.74) is 4.43. The Labute approximate surface area is 133 Å². The Morgan fingerprint density at radius 1 is 1.05 bits per heavy atom. The first-order valence-corrected chi connectivity index (χ1v) is 8.49. The van der Waals surface area contributed by atoms with E-state index in [0.717, 1.165) is 30.0 Å². The molecule has 0 saturated carbocycles. The zero-order valence-corrected chi connectivity index (χ0v) is 13.9. The van der Waals surface area contributed by atoms with Gasteiger partial charge in [-0.05, 0) is 25.5 Å². The maximum Gasteiger partial charge on any atom is 0.117 e. The number of unbranched alkanes of at least 4 members (excludes halogenated alkanes) is 5. The number of nitrogens with one attached hydrogen (secondary N) is 2. The largest absolute Gasteiger partial charge is 0.311 e. The van der Waals surface area contributed by atoms with Gasteiger partial charge >= 0.3 is 0 Å². The van der Waals surface area contributed by atoms with Crippen molar-refractivity contribution in [3.8, 4) is 11.3 Å². The van der Waals surface area contributed by atoms with Crippen molar-refractivity contribution in [3.05, 3.63) is 35.5 Å². The van der Waals surface area contributed by atoms with Gasteiger partial charge in [-0.3, -0.25) is 5.10 Å². The smallest absolute Gasteiger partial charge is 0.117 e. The Kier molecular flexibility index (Phi) is 7.10. The summed E-state index contributed by atoms with van der Waals surface area (Å²) in [6.07, 6.45) is 7.97. The second-order valence-corrected chi connectivity index (χ2v) is 5.90. The van der Waals surface area contributed by atoms with Gasteiger partial charge < -0.3 is 5.32 Å². The van der Waals surface area contributed by atoms with Gasteiger partial charge in [-0.25, -0.2) is 0 Å². The number of aromatic amines is 1. The molecule has 0 saturated heterocycles. The molecule has 0 aliphatic heterocycles. The topological polar surface area (TPSA) is 53.6 Å². The van der Waals surface area contributed by atoms with Crippen LogP contribution >= 0.6 is 0 Å². The van der Waals surface area contributed by atoms with Crippen molar-refractivity contribution in [2.45, 2.75) is 58.9 Å². The molecule has 0 atom stereocenters. The molecule has 2 N–H and O–H groups in total. The number of hydrogen-bond acceptors (Lipinski definition) is 3. The van der Waals surface area contributed by atoms with Gasteiger partial charge in [0.15, 0.2) is 0 Å². The fourth-order valence-corrected chi connectivity index (χ4v) is 2.67. The van der Waals surface area contributed by atoms with Crippen LogP contribution in [0.15, 0.2) is 24.3 Å². The third-order valence-electron chi connectivity index (χ3n) is 4.03. The van der Waals surface area contributed by atoms with Crippen LogP contribution in [0.2, 0.25) is 0 Å². The van der Waals surface area contributed by atoms with Crippen molar-refractivity contribution in [1.29, 1.82) is 0 Å². The van der Waals surface area contributed by atoms with Crippen LogP contribution in [0.3, 0.4) is 0 Å². The summed E-state index contributed by atoms with van der Waals surface area (Å²) in [5, 5.41) is 14.7. The fourth-order valence-electron chi connectivity index (χ4n) is 2.67. The molecule has 22 heavy (non-hydrogen) atoms. The first-order valence-electron chi connectivity index (χ1n) is 8.49. The molecule has 0 bridgehead atoms. The minimum Gasteiger partial charge on any atom is -0.311 e. The van der Waals surface area contributed by atoms with Crippen molar-refractivity contribution >= 4 is 0 Å². The van der Waals surface area contributed by atoms with E-state index in [1.807, 2.05) is 6.07 Å². The molecule has 2 rings (SSSR count). The molecule has 120 valence electrons. The highest BCUT2D eigenvalue weighted by molar-refractivity contribution is 5.64. The Balaban J connectivity index is 1.76. The van der Waals surface area contributed by atoms with Crippen molar-refractivity contribution in [1.82, 2.24) is 20.7 Å². The molecule has 1 heterocycles. The molecule has 0 radical (unpaired) electrons. The standard InChI is InChI=1S/C18H28N4/c1-3-4-5-6-7-10-13-19-14-17-18(21-22-20-17)16-12-9-8-11-15(16)2/h8-9,11-12,19H,3-7,10,13-14H2,1-2H3,(H,20,21,22). The lowest BCUT2D eigenvalue weighted by atomic mass is 10.0. The van der Waals surface area contributed by atoms with E-state index in [1.165, 1.54) is 44.1 Å². The van der Waals surface area contributed by atoms with Crippen LogP contribution in [0.1, 0.15) is 56.7 Å². The molecule has 0 unspecified atom stereocenters. The zero-order valence-electron chi connectivity index (χ0n) is 13.9. The van der Waals surface area contributed by atoms with Crippen molar-refractivity contribution < 1.29 is 0 Å². The minimum atomic E-state index is 0.797. The number of aryl methyl sites for hydroxylation is 1. The summed E-state index contributed by atoms with van der Waals surface area (Å²) in [6.45, 7) is 6.22. The van der Waals surface area contributed by atoms with Crippen LogP contribution in [-0.2, 0) is 6.54 Å². The molecule has 0 aliphatic carbocycles. The van der Waals surface area contributed by atoms with E-state index in [9.17, 15) is 0 Å². The van der Waals surface area contributed by atoms with Crippen LogP contribution in [-0.4, -0.2) is 22.0 Å². The van der Waals surface area contributed by atoms with Gasteiger partial charge in [0.1, 0.15) is 5.69 Å². The normalized spacial score (nSPS) is 11.0. The van der Waals surface area contributed by atoms with Crippen molar-refractivity contribution in [2.24, 2.45) is 0 Å². The summed E-state index contributed by atoms with van der Waals surface area (Å²) in [4.78, 5) is 0. The van der Waals surface area contributed by atoms with Gasteiger partial charge in [0, 0.05) is 12.1 Å². The number of aromatic nitrogens is 3. The lowest BCUT2D eigenvalue weighted by molar-refractivity contribution is 0.569. The highest BCUT2D eigenvalue weighted by Gasteiger charge is 2.10. The zero-order chi connectivity index (χ0) is 15.6. The number of rotatable bonds is 10. The van der Waals surface area contributed by atoms with E-state index in [0.29, 0.717) is 0 Å². The third kappa shape index (κ3) is 4.95. The Hall–Kier alpha value is -1.68. The molecule has 4 heteroatoms. The number of nitrogens with zero attached hydrogens (tertiary/aromatic N) is 2. The predicted molar refractivity (Wildman–Crippen MR) is 91.6 cm³/mol. The van der Waals surface area contributed by atoms with E-state index in [1.54, 1.807) is 0 Å². The Morgan fingerprint density at radius 2 is 1.82 bits per heavy atom. The monoisotopic (exact) mass is 300 g/mol. The molecule has 0 spiro atoms. The number of H-pyrrole nitrogens is 1. The first-order chi connectivity index (χ1) is 10.8. The summed E-state index contributed by atoms with van der Waals surface area (Å²) in [5.74, 6) is 0. The first kappa shape index (κ1) is 16.7. The molecule has 4 nitrogen and oxygen atoms in total. The highest BCUT2D eigenvalue weighted by atomic mass is 15.3. The van der Waals surface area contributed by atoms with Gasteiger partial charge in [-0.1, -0.05) is 68.5 Å². The third-order valence-corrected chi connectivity index (χ3v) is 4.03. The van der Waals surface area contributed by atoms with E-state index < -0.39 is 0 Å². The van der Waals surface area contributed by atoms with Gasteiger partial charge in [0.05, 0.1) is 5.69 Å². The molecule has 1 aromatic heterocycles. The lowest BCUT2D eigenvalue weighted by Gasteiger charge is -2.06. The Bertz CT molecular complexity index is 548. The van der Waals surface area contributed by atoms with Gasteiger partial charge in [0.25, 0.3) is 0 Å². The van der Waals surface area contributed by atoms with E-state index >= 15 is 0 Å². The molecule has 0 amide bonds. The fraction of sp³-hybridized carbons (Fsp3) is 0.556. The quantitative estimate of drug-likeness (QED) is 0.646. The van der Waals surface area contributed by atoms with E-state index in [4.69, 9.17) is 0 Å². The summed E-state index contributed by atoms with van der Waals surface area (Å²) in [6, 6.07) is 8.31. The van der Waals surface area contributed by atoms with Crippen LogP contribution in [0.4, 0.5) is 0 Å². The van der Waals surface area contributed by atoms with Gasteiger partial charge in [0.2, 0.25) is 0 Å². The van der Waals surface area contributed by atoms with E-state index in [-0.39, 0.29) is 0 Å². The van der Waals surface area contributed by atoms with Crippen LogP contribution in [0, 0.1) is 6.92 Å². The van der Waals surface area contributed by atoms with Crippen molar-refractivity contribution in [3.63, 3.8) is 0 Å². The SMILES string of the molecule is CCCCCCCCNCc1[nH]nnc1-c1ccccc1C. The van der Waals surface area contributed by atoms with Crippen LogP contribution in [0.25, 0.3) is 11.3 Å². The molecule has 0 aliphatic rings. The molecular weight excluding hydrogens is 272 g/mol. The maximum absolute atomic E-state index is 4.25. The average molecular weight is 300 g/mol. The molecule has 2 aromatic rings. The highest BCUT2D eigenvalue weighted by Crippen LogP contribution is 2.22.